The van der Waals surface area contributed by atoms with Gasteiger partial charge in [-0.25, -0.2) is 9.37 Å². The van der Waals surface area contributed by atoms with E-state index in [0.717, 1.165) is 16.7 Å². The van der Waals surface area contributed by atoms with Gasteiger partial charge in [0.15, 0.2) is 0 Å². The normalized spacial score (nSPS) is 10.3. The summed E-state index contributed by atoms with van der Waals surface area (Å²) >= 11 is 5.81. The van der Waals surface area contributed by atoms with E-state index >= 15 is 0 Å². The summed E-state index contributed by atoms with van der Waals surface area (Å²) in [6.07, 6.45) is 1.64. The number of hydrogen-bond acceptors (Lipinski definition) is 1. The van der Waals surface area contributed by atoms with Gasteiger partial charge < -0.3 is 0 Å². The Kier molecular flexibility index (Phi) is 2.69. The fourth-order valence-corrected chi connectivity index (χ4v) is 1.49. The lowest BCUT2D eigenvalue weighted by molar-refractivity contribution is 0.628. The lowest BCUT2D eigenvalue weighted by Gasteiger charge is -2.03. The quantitative estimate of drug-likeness (QED) is 0.667. The van der Waals surface area contributed by atoms with Gasteiger partial charge in [-0.3, -0.25) is 0 Å². The molecular formula is C12H9ClFN. The predicted molar refractivity (Wildman–Crippen MR) is 59.4 cm³/mol. The van der Waals surface area contributed by atoms with Gasteiger partial charge in [-0.05, 0) is 36.2 Å². The summed E-state index contributed by atoms with van der Waals surface area (Å²) in [4.78, 5) is 4.03. The third-order valence-corrected chi connectivity index (χ3v) is 2.57. The molecule has 0 aliphatic rings. The molecule has 0 aliphatic heterocycles. The minimum atomic E-state index is -0.250. The Morgan fingerprint density at radius 2 is 2.00 bits per heavy atom. The van der Waals surface area contributed by atoms with Gasteiger partial charge in [0.25, 0.3) is 0 Å². The third-order valence-electron chi connectivity index (χ3n) is 2.17. The molecule has 1 aromatic heterocycles. The highest BCUT2D eigenvalue weighted by atomic mass is 35.5. The van der Waals surface area contributed by atoms with E-state index in [1.165, 1.54) is 12.1 Å². The maximum absolute atomic E-state index is 13.0. The van der Waals surface area contributed by atoms with Crippen molar-refractivity contribution in [1.29, 1.82) is 0 Å². The zero-order chi connectivity index (χ0) is 10.8. The Labute approximate surface area is 92.5 Å². The highest BCUT2D eigenvalue weighted by Crippen LogP contribution is 2.22. The zero-order valence-electron chi connectivity index (χ0n) is 8.17. The van der Waals surface area contributed by atoms with Crippen molar-refractivity contribution >= 4 is 11.6 Å². The fraction of sp³-hybridized carbons (Fsp3) is 0.0833. The van der Waals surface area contributed by atoms with E-state index in [-0.39, 0.29) is 5.82 Å². The largest absolute Gasteiger partial charge is 0.244 e. The van der Waals surface area contributed by atoms with E-state index in [9.17, 15) is 4.39 Å². The molecule has 0 saturated carbocycles. The molecule has 0 aliphatic carbocycles. The van der Waals surface area contributed by atoms with Crippen LogP contribution in [-0.4, -0.2) is 4.98 Å². The van der Waals surface area contributed by atoms with Gasteiger partial charge in [0.1, 0.15) is 11.0 Å². The molecule has 1 heterocycles. The Morgan fingerprint density at radius 3 is 2.67 bits per heavy atom. The molecule has 76 valence electrons. The van der Waals surface area contributed by atoms with Crippen molar-refractivity contribution in [2.75, 3.05) is 0 Å². The summed E-state index contributed by atoms with van der Waals surface area (Å²) in [5.74, 6) is -0.250. The molecule has 0 N–H and O–H groups in total. The first-order chi connectivity index (χ1) is 7.16. The third kappa shape index (κ3) is 2.16. The summed E-state index contributed by atoms with van der Waals surface area (Å²) in [5.41, 5.74) is 2.57. The van der Waals surface area contributed by atoms with Crippen LogP contribution < -0.4 is 0 Å². The van der Waals surface area contributed by atoms with Crippen LogP contribution in [0.25, 0.3) is 11.1 Å². The van der Waals surface area contributed by atoms with E-state index in [2.05, 4.69) is 4.98 Å². The van der Waals surface area contributed by atoms with E-state index in [1.54, 1.807) is 12.3 Å². The maximum Gasteiger partial charge on any atom is 0.131 e. The molecule has 2 rings (SSSR count). The monoisotopic (exact) mass is 221 g/mol. The van der Waals surface area contributed by atoms with Crippen LogP contribution in [0.2, 0.25) is 5.15 Å². The van der Waals surface area contributed by atoms with Gasteiger partial charge in [0.05, 0.1) is 0 Å². The molecule has 1 nitrogen and oxygen atoms in total. The van der Waals surface area contributed by atoms with Crippen LogP contribution in [0, 0.1) is 12.7 Å². The van der Waals surface area contributed by atoms with Crippen LogP contribution in [0.15, 0.2) is 36.5 Å². The molecular weight excluding hydrogens is 213 g/mol. The number of nitrogens with zero attached hydrogens (tertiary/aromatic N) is 1. The summed E-state index contributed by atoms with van der Waals surface area (Å²) in [6.45, 7) is 1.87. The molecule has 1 aromatic carbocycles. The average Bonchev–Trinajstić information content (AvgIpc) is 2.22. The molecule has 0 spiro atoms. The molecule has 2 aromatic rings. The van der Waals surface area contributed by atoms with Gasteiger partial charge in [-0.2, -0.15) is 0 Å². The molecule has 0 unspecified atom stereocenters. The van der Waals surface area contributed by atoms with Gasteiger partial charge in [-0.1, -0.05) is 23.7 Å². The van der Waals surface area contributed by atoms with Gasteiger partial charge in [-0.15, -0.1) is 0 Å². The number of rotatable bonds is 1. The molecule has 0 saturated heterocycles. The second-order valence-corrected chi connectivity index (χ2v) is 3.70. The molecule has 0 atom stereocenters. The van der Waals surface area contributed by atoms with Gasteiger partial charge >= 0.3 is 0 Å². The first-order valence-electron chi connectivity index (χ1n) is 4.55. The summed E-state index contributed by atoms with van der Waals surface area (Å²) in [7, 11) is 0. The Bertz CT molecular complexity index is 497. The van der Waals surface area contributed by atoms with E-state index < -0.39 is 0 Å². The Hall–Kier alpha value is -1.41. The van der Waals surface area contributed by atoms with Crippen molar-refractivity contribution in [3.63, 3.8) is 0 Å². The van der Waals surface area contributed by atoms with Gasteiger partial charge in [0, 0.05) is 11.8 Å². The SMILES string of the molecule is Cc1cc(-c2cccc(F)c2)cnc1Cl. The van der Waals surface area contributed by atoms with E-state index in [0.29, 0.717) is 5.15 Å². The van der Waals surface area contributed by atoms with Crippen molar-refractivity contribution in [2.45, 2.75) is 6.92 Å². The van der Waals surface area contributed by atoms with Crippen molar-refractivity contribution in [3.8, 4) is 11.1 Å². The number of pyridine rings is 1. The summed E-state index contributed by atoms with van der Waals surface area (Å²) < 4.78 is 13.0. The van der Waals surface area contributed by atoms with Crippen LogP contribution >= 0.6 is 11.6 Å². The molecule has 0 bridgehead atoms. The maximum atomic E-state index is 13.0. The number of halogens is 2. The van der Waals surface area contributed by atoms with Crippen LogP contribution in [0.1, 0.15) is 5.56 Å². The van der Waals surface area contributed by atoms with Crippen molar-refractivity contribution in [2.24, 2.45) is 0 Å². The number of benzene rings is 1. The Balaban J connectivity index is 2.50. The first kappa shape index (κ1) is 10.1. The predicted octanol–water partition coefficient (Wildman–Crippen LogP) is 3.85. The minimum absolute atomic E-state index is 0.250. The zero-order valence-corrected chi connectivity index (χ0v) is 8.92. The smallest absolute Gasteiger partial charge is 0.131 e. The standard InChI is InChI=1S/C12H9ClFN/c1-8-5-10(7-15-12(8)13)9-3-2-4-11(14)6-9/h2-7H,1H3. The lowest BCUT2D eigenvalue weighted by atomic mass is 10.1. The van der Waals surface area contributed by atoms with Crippen LogP contribution in [-0.2, 0) is 0 Å². The second kappa shape index (κ2) is 3.99. The van der Waals surface area contributed by atoms with Crippen molar-refractivity contribution in [1.82, 2.24) is 4.98 Å². The van der Waals surface area contributed by atoms with Crippen molar-refractivity contribution in [3.05, 3.63) is 53.1 Å². The minimum Gasteiger partial charge on any atom is -0.244 e. The van der Waals surface area contributed by atoms with E-state index in [4.69, 9.17) is 11.6 Å². The van der Waals surface area contributed by atoms with Crippen LogP contribution in [0.4, 0.5) is 4.39 Å². The lowest BCUT2D eigenvalue weighted by Crippen LogP contribution is -1.85. The van der Waals surface area contributed by atoms with Crippen LogP contribution in [0.5, 0.6) is 0 Å². The summed E-state index contributed by atoms with van der Waals surface area (Å²) in [5, 5.41) is 0.482. The average molecular weight is 222 g/mol. The van der Waals surface area contributed by atoms with Crippen LogP contribution in [0.3, 0.4) is 0 Å². The van der Waals surface area contributed by atoms with E-state index in [1.807, 2.05) is 19.1 Å². The molecule has 0 fully saturated rings. The number of aromatic nitrogens is 1. The fourth-order valence-electron chi connectivity index (χ4n) is 1.38. The molecule has 15 heavy (non-hydrogen) atoms. The number of hydrogen-bond donors (Lipinski definition) is 0. The summed E-state index contributed by atoms with van der Waals surface area (Å²) in [6, 6.07) is 8.30. The highest BCUT2D eigenvalue weighted by molar-refractivity contribution is 6.30. The first-order valence-corrected chi connectivity index (χ1v) is 4.93. The molecule has 0 amide bonds. The highest BCUT2D eigenvalue weighted by Gasteiger charge is 2.02. The topological polar surface area (TPSA) is 12.9 Å². The van der Waals surface area contributed by atoms with Gasteiger partial charge in [0.2, 0.25) is 0 Å². The second-order valence-electron chi connectivity index (χ2n) is 3.34. The number of aryl methyl sites for hydroxylation is 1. The molecule has 3 heteroatoms. The van der Waals surface area contributed by atoms with Crippen molar-refractivity contribution < 1.29 is 4.39 Å². The Morgan fingerprint density at radius 1 is 1.20 bits per heavy atom. The molecule has 0 radical (unpaired) electrons.